The summed E-state index contributed by atoms with van der Waals surface area (Å²) >= 11 is 5.46. The van der Waals surface area contributed by atoms with E-state index < -0.39 is 0 Å². The first-order valence-corrected chi connectivity index (χ1v) is 2.70. The van der Waals surface area contributed by atoms with E-state index in [0.717, 1.165) is 6.42 Å². The molecule has 0 aromatic heterocycles. The van der Waals surface area contributed by atoms with Gasteiger partial charge in [-0.15, -0.1) is 5.11 Å². The van der Waals surface area contributed by atoms with Gasteiger partial charge in [-0.3, -0.25) is 0 Å². The highest BCUT2D eigenvalue weighted by Gasteiger charge is 2.02. The van der Waals surface area contributed by atoms with Crippen molar-refractivity contribution in [1.82, 2.24) is 0 Å². The van der Waals surface area contributed by atoms with Crippen LogP contribution in [-0.2, 0) is 0 Å². The van der Waals surface area contributed by atoms with E-state index in [1.54, 1.807) is 0 Å². The second-order valence-electron chi connectivity index (χ2n) is 1.53. The lowest BCUT2D eigenvalue weighted by Crippen LogP contribution is -2.03. The molecule has 1 aliphatic rings. The van der Waals surface area contributed by atoms with Crippen LogP contribution < -0.4 is 5.73 Å². The van der Waals surface area contributed by atoms with Gasteiger partial charge >= 0.3 is 0 Å². The standard InChI is InChI=1S/C4H6ClN3/c5-4-3(6)1-2-7-8-4/h1-2,6H2. The van der Waals surface area contributed by atoms with Crippen LogP contribution in [0.3, 0.4) is 0 Å². The summed E-state index contributed by atoms with van der Waals surface area (Å²) in [6, 6.07) is 0. The molecule has 0 atom stereocenters. The summed E-state index contributed by atoms with van der Waals surface area (Å²) in [4.78, 5) is 0. The SMILES string of the molecule is NC1=C(Cl)N=NCC1. The molecule has 0 saturated heterocycles. The van der Waals surface area contributed by atoms with Gasteiger partial charge in [-0.2, -0.15) is 5.11 Å². The van der Waals surface area contributed by atoms with E-state index in [2.05, 4.69) is 10.2 Å². The molecular formula is C4H6ClN3. The van der Waals surface area contributed by atoms with Crippen LogP contribution in [0.1, 0.15) is 6.42 Å². The zero-order valence-corrected chi connectivity index (χ0v) is 5.02. The minimum Gasteiger partial charge on any atom is -0.399 e. The average molecular weight is 132 g/mol. The first kappa shape index (κ1) is 5.56. The van der Waals surface area contributed by atoms with Crippen LogP contribution in [0.25, 0.3) is 0 Å². The summed E-state index contributed by atoms with van der Waals surface area (Å²) in [6.07, 6.45) is 0.738. The third-order valence-electron chi connectivity index (χ3n) is 0.905. The number of azo groups is 1. The molecule has 3 nitrogen and oxygen atoms in total. The van der Waals surface area contributed by atoms with Gasteiger partial charge in [0.05, 0.1) is 6.54 Å². The molecule has 0 fully saturated rings. The van der Waals surface area contributed by atoms with Crippen molar-refractivity contribution in [2.45, 2.75) is 6.42 Å². The molecule has 0 amide bonds. The quantitative estimate of drug-likeness (QED) is 0.494. The van der Waals surface area contributed by atoms with Crippen LogP contribution in [-0.4, -0.2) is 6.54 Å². The molecular weight excluding hydrogens is 126 g/mol. The second-order valence-corrected chi connectivity index (χ2v) is 1.89. The number of hydrogen-bond donors (Lipinski definition) is 1. The maximum Gasteiger partial charge on any atom is 0.169 e. The van der Waals surface area contributed by atoms with Crippen molar-refractivity contribution < 1.29 is 0 Å². The number of nitrogens with zero attached hydrogens (tertiary/aromatic N) is 2. The Morgan fingerprint density at radius 1 is 1.62 bits per heavy atom. The highest BCUT2D eigenvalue weighted by molar-refractivity contribution is 6.29. The fourth-order valence-corrected chi connectivity index (χ4v) is 0.598. The molecule has 0 aromatic rings. The Morgan fingerprint density at radius 3 is 2.75 bits per heavy atom. The summed E-state index contributed by atoms with van der Waals surface area (Å²) < 4.78 is 0. The van der Waals surface area contributed by atoms with Crippen molar-refractivity contribution in [2.75, 3.05) is 6.54 Å². The Kier molecular flexibility index (Phi) is 1.48. The fraction of sp³-hybridized carbons (Fsp3) is 0.500. The maximum atomic E-state index is 5.46. The van der Waals surface area contributed by atoms with Crippen molar-refractivity contribution in [3.63, 3.8) is 0 Å². The van der Waals surface area contributed by atoms with Crippen molar-refractivity contribution in [2.24, 2.45) is 16.0 Å². The Labute approximate surface area is 52.2 Å². The largest absolute Gasteiger partial charge is 0.399 e. The highest BCUT2D eigenvalue weighted by Crippen LogP contribution is 2.14. The van der Waals surface area contributed by atoms with E-state index in [1.807, 2.05) is 0 Å². The van der Waals surface area contributed by atoms with Gasteiger partial charge in [-0.05, 0) is 0 Å². The molecule has 1 rings (SSSR count). The van der Waals surface area contributed by atoms with Crippen molar-refractivity contribution in [3.05, 3.63) is 10.9 Å². The van der Waals surface area contributed by atoms with Gasteiger partial charge in [0.1, 0.15) is 0 Å². The predicted molar refractivity (Wildman–Crippen MR) is 31.4 cm³/mol. The molecule has 1 aliphatic heterocycles. The number of rotatable bonds is 0. The van der Waals surface area contributed by atoms with Gasteiger partial charge in [0, 0.05) is 12.1 Å². The third kappa shape index (κ3) is 0.980. The van der Waals surface area contributed by atoms with Gasteiger partial charge < -0.3 is 5.73 Å². The van der Waals surface area contributed by atoms with Gasteiger partial charge in [0.15, 0.2) is 5.16 Å². The van der Waals surface area contributed by atoms with Gasteiger partial charge in [-0.1, -0.05) is 11.6 Å². The van der Waals surface area contributed by atoms with Crippen LogP contribution in [0.5, 0.6) is 0 Å². The minimum atomic E-state index is 0.344. The van der Waals surface area contributed by atoms with Gasteiger partial charge in [-0.25, -0.2) is 0 Å². The fourth-order valence-electron chi connectivity index (χ4n) is 0.450. The lowest BCUT2D eigenvalue weighted by Gasteiger charge is -2.02. The molecule has 0 bridgehead atoms. The van der Waals surface area contributed by atoms with E-state index in [0.29, 0.717) is 17.4 Å². The van der Waals surface area contributed by atoms with Crippen LogP contribution in [0.4, 0.5) is 0 Å². The van der Waals surface area contributed by atoms with E-state index in [1.165, 1.54) is 0 Å². The topological polar surface area (TPSA) is 50.7 Å². The van der Waals surface area contributed by atoms with Gasteiger partial charge in [0.25, 0.3) is 0 Å². The molecule has 0 spiro atoms. The molecule has 2 N–H and O–H groups in total. The van der Waals surface area contributed by atoms with E-state index in [9.17, 15) is 0 Å². The van der Waals surface area contributed by atoms with E-state index in [4.69, 9.17) is 17.3 Å². The third-order valence-corrected chi connectivity index (χ3v) is 1.22. The molecule has 44 valence electrons. The summed E-state index contributed by atoms with van der Waals surface area (Å²) in [7, 11) is 0. The molecule has 0 aromatic carbocycles. The smallest absolute Gasteiger partial charge is 0.169 e. The normalized spacial score (nSPS) is 19.6. The Balaban J connectivity index is 2.76. The molecule has 1 heterocycles. The molecule has 0 saturated carbocycles. The Bertz CT molecular complexity index is 149. The number of halogens is 1. The van der Waals surface area contributed by atoms with Crippen LogP contribution in [0.15, 0.2) is 21.1 Å². The second kappa shape index (κ2) is 2.13. The summed E-state index contributed by atoms with van der Waals surface area (Å²) in [6.45, 7) is 0.669. The average Bonchev–Trinajstić information content (AvgIpc) is 1.77. The van der Waals surface area contributed by atoms with Crippen molar-refractivity contribution in [1.29, 1.82) is 0 Å². The van der Waals surface area contributed by atoms with E-state index >= 15 is 0 Å². The first-order chi connectivity index (χ1) is 3.80. The van der Waals surface area contributed by atoms with E-state index in [-0.39, 0.29) is 0 Å². The Morgan fingerprint density at radius 2 is 2.38 bits per heavy atom. The summed E-state index contributed by atoms with van der Waals surface area (Å²) in [5.41, 5.74) is 6.01. The van der Waals surface area contributed by atoms with Crippen molar-refractivity contribution in [3.8, 4) is 0 Å². The number of hydrogen-bond acceptors (Lipinski definition) is 3. The van der Waals surface area contributed by atoms with Gasteiger partial charge in [0.2, 0.25) is 0 Å². The zero-order valence-electron chi connectivity index (χ0n) is 4.26. The molecule has 0 aliphatic carbocycles. The zero-order chi connectivity index (χ0) is 5.98. The minimum absolute atomic E-state index is 0.344. The van der Waals surface area contributed by atoms with Crippen LogP contribution in [0, 0.1) is 0 Å². The summed E-state index contributed by atoms with van der Waals surface area (Å²) in [5, 5.41) is 7.56. The maximum absolute atomic E-state index is 5.46. The van der Waals surface area contributed by atoms with Crippen molar-refractivity contribution >= 4 is 11.6 Å². The lowest BCUT2D eigenvalue weighted by atomic mass is 10.3. The van der Waals surface area contributed by atoms with Crippen LogP contribution in [0.2, 0.25) is 0 Å². The molecule has 0 radical (unpaired) electrons. The molecule has 0 unspecified atom stereocenters. The highest BCUT2D eigenvalue weighted by atomic mass is 35.5. The monoisotopic (exact) mass is 131 g/mol. The molecule has 8 heavy (non-hydrogen) atoms. The van der Waals surface area contributed by atoms with Crippen LogP contribution >= 0.6 is 11.6 Å². The first-order valence-electron chi connectivity index (χ1n) is 2.32. The number of nitrogens with two attached hydrogens (primary N) is 1. The lowest BCUT2D eigenvalue weighted by molar-refractivity contribution is 0.826. The molecule has 4 heteroatoms. The summed E-state index contributed by atoms with van der Waals surface area (Å²) in [5.74, 6) is 0. The Hall–Kier alpha value is -0.570. The predicted octanol–water partition coefficient (Wildman–Crippen LogP) is 1.21.